The molecular formula is C21H24N2O4S. The lowest BCUT2D eigenvalue weighted by molar-refractivity contribution is -0.134. The molecule has 0 aliphatic carbocycles. The van der Waals surface area contributed by atoms with Gasteiger partial charge in [0.15, 0.2) is 6.61 Å². The maximum atomic E-state index is 13.0. The van der Waals surface area contributed by atoms with Gasteiger partial charge in [-0.05, 0) is 23.6 Å². The zero-order valence-electron chi connectivity index (χ0n) is 15.8. The van der Waals surface area contributed by atoms with Crippen LogP contribution in [0.1, 0.15) is 11.6 Å². The Morgan fingerprint density at radius 2 is 1.64 bits per heavy atom. The molecule has 1 amide bonds. The number of carbonyl (C=O) groups excluding carboxylic acids is 1. The molecule has 0 N–H and O–H groups in total. The quantitative estimate of drug-likeness (QED) is 0.771. The highest BCUT2D eigenvalue weighted by Crippen LogP contribution is 2.45. The van der Waals surface area contributed by atoms with Crippen molar-refractivity contribution in [3.05, 3.63) is 66.2 Å². The van der Waals surface area contributed by atoms with Gasteiger partial charge in [0.1, 0.15) is 5.75 Å². The van der Waals surface area contributed by atoms with E-state index < -0.39 is 10.0 Å². The average molecular weight is 401 g/mol. The number of rotatable bonds is 5. The van der Waals surface area contributed by atoms with Crippen LogP contribution in [-0.2, 0) is 14.8 Å². The summed E-state index contributed by atoms with van der Waals surface area (Å²) in [6.45, 7) is 1.44. The zero-order valence-corrected chi connectivity index (χ0v) is 16.6. The molecule has 0 spiro atoms. The second-order valence-corrected chi connectivity index (χ2v) is 9.49. The second-order valence-electron chi connectivity index (χ2n) is 7.51. The minimum atomic E-state index is -3.23. The van der Waals surface area contributed by atoms with Crippen LogP contribution >= 0.6 is 0 Å². The third-order valence-electron chi connectivity index (χ3n) is 5.67. The molecular weight excluding hydrogens is 376 g/mol. The second kappa shape index (κ2) is 7.56. The Labute approximate surface area is 165 Å². The largest absolute Gasteiger partial charge is 0.484 e. The maximum Gasteiger partial charge on any atom is 0.261 e. The molecule has 3 atom stereocenters. The normalized spacial score (nSPS) is 24.9. The van der Waals surface area contributed by atoms with Crippen molar-refractivity contribution in [1.82, 2.24) is 9.21 Å². The standard InChI is InChI=1S/C21H24N2O4S/c1-28(25,26)22-12-17-13-23(20(24)15-27-18-10-6-3-7-11-18)21(19(17)14-22)16-8-4-2-5-9-16/h2-11,17,19,21H,12-15H2,1H3/t17-,19-,21+/m0/s1. The lowest BCUT2D eigenvalue weighted by Gasteiger charge is -2.29. The number of likely N-dealkylation sites (tertiary alicyclic amines) is 1. The number of para-hydroxylation sites is 1. The van der Waals surface area contributed by atoms with Crippen molar-refractivity contribution < 1.29 is 17.9 Å². The molecule has 0 radical (unpaired) electrons. The number of hydrogen-bond donors (Lipinski definition) is 0. The summed E-state index contributed by atoms with van der Waals surface area (Å²) in [5, 5.41) is 0. The van der Waals surface area contributed by atoms with Gasteiger partial charge in [-0.25, -0.2) is 12.7 Å². The van der Waals surface area contributed by atoms with Gasteiger partial charge in [0.05, 0.1) is 12.3 Å². The highest BCUT2D eigenvalue weighted by molar-refractivity contribution is 7.88. The smallest absolute Gasteiger partial charge is 0.261 e. The van der Waals surface area contributed by atoms with E-state index in [0.717, 1.165) is 5.56 Å². The Balaban J connectivity index is 1.54. The molecule has 0 saturated carbocycles. The van der Waals surface area contributed by atoms with Crippen LogP contribution in [0.4, 0.5) is 0 Å². The number of fused-ring (bicyclic) bond motifs is 1. The van der Waals surface area contributed by atoms with Gasteiger partial charge in [-0.1, -0.05) is 48.5 Å². The molecule has 0 bridgehead atoms. The predicted octanol–water partition coefficient (Wildman–Crippen LogP) is 2.16. The van der Waals surface area contributed by atoms with Gasteiger partial charge >= 0.3 is 0 Å². The summed E-state index contributed by atoms with van der Waals surface area (Å²) < 4.78 is 31.2. The topological polar surface area (TPSA) is 66.9 Å². The highest BCUT2D eigenvalue weighted by Gasteiger charge is 2.50. The van der Waals surface area contributed by atoms with E-state index in [9.17, 15) is 13.2 Å². The molecule has 2 saturated heterocycles. The van der Waals surface area contributed by atoms with Gasteiger partial charge in [0.25, 0.3) is 5.91 Å². The van der Waals surface area contributed by atoms with E-state index in [1.807, 2.05) is 65.6 Å². The van der Waals surface area contributed by atoms with Crippen molar-refractivity contribution in [3.63, 3.8) is 0 Å². The van der Waals surface area contributed by atoms with Crippen molar-refractivity contribution in [1.29, 1.82) is 0 Å². The predicted molar refractivity (Wildman–Crippen MR) is 106 cm³/mol. The van der Waals surface area contributed by atoms with E-state index in [1.165, 1.54) is 6.26 Å². The molecule has 2 heterocycles. The van der Waals surface area contributed by atoms with Gasteiger partial charge in [-0.2, -0.15) is 0 Å². The average Bonchev–Trinajstić information content (AvgIpc) is 3.25. The fraction of sp³-hybridized carbons (Fsp3) is 0.381. The van der Waals surface area contributed by atoms with Crippen molar-refractivity contribution >= 4 is 15.9 Å². The number of nitrogens with zero attached hydrogens (tertiary/aromatic N) is 2. The lowest BCUT2D eigenvalue weighted by atomic mass is 9.89. The zero-order chi connectivity index (χ0) is 19.7. The number of carbonyl (C=O) groups is 1. The van der Waals surface area contributed by atoms with Gasteiger partial charge in [0, 0.05) is 25.6 Å². The van der Waals surface area contributed by atoms with E-state index in [0.29, 0.717) is 25.4 Å². The number of amides is 1. The molecule has 148 valence electrons. The van der Waals surface area contributed by atoms with Crippen LogP contribution in [0.2, 0.25) is 0 Å². The first kappa shape index (κ1) is 19.0. The maximum absolute atomic E-state index is 13.0. The summed E-state index contributed by atoms with van der Waals surface area (Å²) in [4.78, 5) is 14.8. The van der Waals surface area contributed by atoms with Crippen molar-refractivity contribution in [2.75, 3.05) is 32.5 Å². The van der Waals surface area contributed by atoms with Crippen LogP contribution in [0.15, 0.2) is 60.7 Å². The first-order valence-corrected chi connectivity index (χ1v) is 11.3. The summed E-state index contributed by atoms with van der Waals surface area (Å²) in [5.74, 6) is 0.825. The monoisotopic (exact) mass is 400 g/mol. The summed E-state index contributed by atoms with van der Waals surface area (Å²) in [6.07, 6.45) is 1.25. The van der Waals surface area contributed by atoms with Crippen molar-refractivity contribution in [3.8, 4) is 5.75 Å². The Bertz CT molecular complexity index is 933. The molecule has 6 nitrogen and oxygen atoms in total. The Kier molecular flexibility index (Phi) is 5.12. The fourth-order valence-electron chi connectivity index (χ4n) is 4.35. The van der Waals surface area contributed by atoms with E-state index >= 15 is 0 Å². The third kappa shape index (κ3) is 3.77. The van der Waals surface area contributed by atoms with Crippen LogP contribution < -0.4 is 4.74 Å². The van der Waals surface area contributed by atoms with Crippen LogP contribution in [0.5, 0.6) is 5.75 Å². The first-order valence-electron chi connectivity index (χ1n) is 9.41. The van der Waals surface area contributed by atoms with Crippen LogP contribution in [0.25, 0.3) is 0 Å². The Hall–Kier alpha value is -2.38. The fourth-order valence-corrected chi connectivity index (χ4v) is 5.26. The molecule has 2 fully saturated rings. The van der Waals surface area contributed by atoms with E-state index in [2.05, 4.69) is 0 Å². The minimum absolute atomic E-state index is 0.0252. The molecule has 2 aliphatic heterocycles. The Morgan fingerprint density at radius 3 is 2.29 bits per heavy atom. The van der Waals surface area contributed by atoms with E-state index in [1.54, 1.807) is 4.31 Å². The molecule has 0 aromatic heterocycles. The van der Waals surface area contributed by atoms with Gasteiger partial charge < -0.3 is 9.64 Å². The first-order chi connectivity index (χ1) is 13.4. The van der Waals surface area contributed by atoms with Crippen LogP contribution in [0, 0.1) is 11.8 Å². The number of benzene rings is 2. The van der Waals surface area contributed by atoms with Gasteiger partial charge in [0.2, 0.25) is 10.0 Å². The summed E-state index contributed by atoms with van der Waals surface area (Å²) >= 11 is 0. The number of hydrogen-bond acceptors (Lipinski definition) is 4. The van der Waals surface area contributed by atoms with E-state index in [4.69, 9.17) is 4.74 Å². The summed E-state index contributed by atoms with van der Waals surface area (Å²) in [6, 6.07) is 19.0. The number of ether oxygens (including phenoxy) is 1. The van der Waals surface area contributed by atoms with Gasteiger partial charge in [-0.15, -0.1) is 0 Å². The lowest BCUT2D eigenvalue weighted by Crippen LogP contribution is -2.39. The number of sulfonamides is 1. The minimum Gasteiger partial charge on any atom is -0.484 e. The molecule has 28 heavy (non-hydrogen) atoms. The Morgan fingerprint density at radius 1 is 1.00 bits per heavy atom. The molecule has 7 heteroatoms. The van der Waals surface area contributed by atoms with E-state index in [-0.39, 0.29) is 30.4 Å². The van der Waals surface area contributed by atoms with Crippen molar-refractivity contribution in [2.45, 2.75) is 6.04 Å². The molecule has 2 aliphatic rings. The summed E-state index contributed by atoms with van der Waals surface area (Å²) in [7, 11) is -3.23. The molecule has 2 aromatic rings. The summed E-state index contributed by atoms with van der Waals surface area (Å²) in [5.41, 5.74) is 1.04. The van der Waals surface area contributed by atoms with Crippen LogP contribution in [0.3, 0.4) is 0 Å². The van der Waals surface area contributed by atoms with Gasteiger partial charge in [-0.3, -0.25) is 4.79 Å². The third-order valence-corrected chi connectivity index (χ3v) is 6.90. The molecule has 2 aromatic carbocycles. The molecule has 0 unspecified atom stereocenters. The SMILES string of the molecule is CS(=O)(=O)N1C[C@H]2CN(C(=O)COc3ccccc3)[C@H](c3ccccc3)[C@H]2C1. The molecule has 4 rings (SSSR count). The highest BCUT2D eigenvalue weighted by atomic mass is 32.2. The van der Waals surface area contributed by atoms with Crippen molar-refractivity contribution in [2.24, 2.45) is 11.8 Å². The van der Waals surface area contributed by atoms with Crippen LogP contribution in [-0.4, -0.2) is 56.0 Å².